The molecule has 2 aromatic carbocycles. The monoisotopic (exact) mass is 438 g/mol. The first kappa shape index (κ1) is 19.4. The second kappa shape index (κ2) is 7.38. The van der Waals surface area contributed by atoms with Gasteiger partial charge in [-0.15, -0.1) is 20.5 Å². The van der Waals surface area contributed by atoms with E-state index in [4.69, 9.17) is 4.99 Å². The molecule has 1 aromatic heterocycles. The highest BCUT2D eigenvalue weighted by Gasteiger charge is 2.38. The molecule has 158 valence electrons. The molecule has 0 N–H and O–H groups in total. The molecule has 32 heavy (non-hydrogen) atoms. The van der Waals surface area contributed by atoms with Crippen LogP contribution in [0.25, 0.3) is 31.7 Å². The smallest absolute Gasteiger partial charge is 0.345 e. The summed E-state index contributed by atoms with van der Waals surface area (Å²) in [5, 5.41) is 2.25. The van der Waals surface area contributed by atoms with Crippen molar-refractivity contribution in [3.63, 3.8) is 0 Å². The Morgan fingerprint density at radius 2 is 1.84 bits per heavy atom. The summed E-state index contributed by atoms with van der Waals surface area (Å²) in [6, 6.07) is 21.9. The summed E-state index contributed by atoms with van der Waals surface area (Å²) < 4.78 is 6.10. The summed E-state index contributed by atoms with van der Waals surface area (Å²) in [5.74, 6) is 0. The molecule has 0 saturated carbocycles. The standard InChI is InChI=1S/C27H26N4S/c1-4-29(5-2)19-12-13-21(18(3)15-19)28-22-16-25-27-26-20(22)9-8-14-30(26)17-31(27)23-10-6-7-11-24(23)32-25/h6-16H,4-5,17H2,1-3H3/q+2. The molecule has 1 aliphatic carbocycles. The van der Waals surface area contributed by atoms with Crippen LogP contribution >= 0.6 is 11.3 Å². The van der Waals surface area contributed by atoms with Crippen LogP contribution in [0, 0.1) is 6.92 Å². The number of aromatic nitrogens is 2. The fourth-order valence-electron chi connectivity index (χ4n) is 4.94. The third-order valence-electron chi connectivity index (χ3n) is 6.56. The van der Waals surface area contributed by atoms with Gasteiger partial charge in [-0.3, -0.25) is 0 Å². The summed E-state index contributed by atoms with van der Waals surface area (Å²) in [6.45, 7) is 9.43. The number of fused-ring (bicyclic) bond motifs is 2. The normalized spacial score (nSPS) is 13.2. The summed E-state index contributed by atoms with van der Waals surface area (Å²) >= 11 is 1.85. The molecule has 5 heteroatoms. The van der Waals surface area contributed by atoms with Gasteiger partial charge in [0.05, 0.1) is 21.1 Å². The van der Waals surface area contributed by atoms with E-state index in [0.29, 0.717) is 0 Å². The van der Waals surface area contributed by atoms with Crippen LogP contribution in [-0.2, 0) is 6.67 Å². The summed E-state index contributed by atoms with van der Waals surface area (Å²) in [5.41, 5.74) is 7.40. The summed E-state index contributed by atoms with van der Waals surface area (Å²) in [7, 11) is 0. The van der Waals surface area contributed by atoms with Crippen LogP contribution in [-0.4, -0.2) is 13.1 Å². The number of hydrogen-bond donors (Lipinski definition) is 0. The Kier molecular flexibility index (Phi) is 4.47. The van der Waals surface area contributed by atoms with Crippen molar-refractivity contribution in [1.82, 2.24) is 0 Å². The van der Waals surface area contributed by atoms with Crippen LogP contribution in [0.5, 0.6) is 0 Å². The molecular formula is C27H26N4S+2. The minimum atomic E-state index is 0.846. The van der Waals surface area contributed by atoms with Crippen molar-refractivity contribution >= 4 is 43.8 Å². The van der Waals surface area contributed by atoms with Crippen LogP contribution in [0.4, 0.5) is 11.4 Å². The van der Waals surface area contributed by atoms with Crippen molar-refractivity contribution in [3.8, 4) is 10.6 Å². The lowest BCUT2D eigenvalue weighted by Gasteiger charge is -2.21. The lowest BCUT2D eigenvalue weighted by molar-refractivity contribution is -0.865. The summed E-state index contributed by atoms with van der Waals surface area (Å²) in [4.78, 5) is 8.84. The van der Waals surface area contributed by atoms with E-state index in [9.17, 15) is 0 Å². The first-order valence-electron chi connectivity index (χ1n) is 11.3. The molecule has 3 heterocycles. The topological polar surface area (TPSA) is 23.4 Å². The van der Waals surface area contributed by atoms with Crippen LogP contribution in [0.15, 0.2) is 71.9 Å². The van der Waals surface area contributed by atoms with Crippen LogP contribution < -0.4 is 19.4 Å². The quantitative estimate of drug-likeness (QED) is 0.217. The molecule has 3 aromatic rings. The molecule has 0 radical (unpaired) electrons. The van der Waals surface area contributed by atoms with Gasteiger partial charge in [-0.05, 0) is 62.7 Å². The Labute approximate surface area is 191 Å². The maximum Gasteiger partial charge on any atom is 0.345 e. The first-order chi connectivity index (χ1) is 15.7. The van der Waals surface area contributed by atoms with E-state index in [2.05, 4.69) is 102 Å². The molecular weight excluding hydrogens is 412 g/mol. The maximum absolute atomic E-state index is 5.18. The van der Waals surface area contributed by atoms with Gasteiger partial charge < -0.3 is 4.90 Å². The SMILES string of the molecule is CCN(CC)c1ccc(N=c2cc3sc4ccccc4[n+]4c-3c3c2ccc[n+]3C4)c(C)c1. The number of rotatable bonds is 4. The largest absolute Gasteiger partial charge is 0.372 e. The third kappa shape index (κ3) is 2.84. The zero-order chi connectivity index (χ0) is 21.8. The molecule has 6 rings (SSSR count). The second-order valence-corrected chi connectivity index (χ2v) is 9.46. The number of para-hydroxylation sites is 1. The van der Waals surface area contributed by atoms with Crippen molar-refractivity contribution < 1.29 is 9.13 Å². The van der Waals surface area contributed by atoms with E-state index in [-0.39, 0.29) is 0 Å². The van der Waals surface area contributed by atoms with E-state index in [1.807, 2.05) is 11.3 Å². The molecule has 0 fully saturated rings. The predicted molar refractivity (Wildman–Crippen MR) is 132 cm³/mol. The number of nitrogens with zero attached hydrogens (tertiary/aromatic N) is 4. The van der Waals surface area contributed by atoms with Gasteiger partial charge in [0.15, 0.2) is 6.20 Å². The average molecular weight is 439 g/mol. The van der Waals surface area contributed by atoms with Gasteiger partial charge >= 0.3 is 12.4 Å². The van der Waals surface area contributed by atoms with E-state index in [1.54, 1.807) is 0 Å². The Balaban J connectivity index is 1.63. The van der Waals surface area contributed by atoms with Crippen molar-refractivity contribution in [2.24, 2.45) is 4.99 Å². The van der Waals surface area contributed by atoms with Crippen molar-refractivity contribution in [2.45, 2.75) is 27.4 Å². The Hall–Kier alpha value is -3.31. The zero-order valence-electron chi connectivity index (χ0n) is 18.7. The third-order valence-corrected chi connectivity index (χ3v) is 7.66. The van der Waals surface area contributed by atoms with Crippen LogP contribution in [0.3, 0.4) is 0 Å². The van der Waals surface area contributed by atoms with Gasteiger partial charge in [0, 0.05) is 30.9 Å². The Bertz CT molecular complexity index is 1550. The molecule has 0 atom stereocenters. The molecule has 3 aliphatic rings. The summed E-state index contributed by atoms with van der Waals surface area (Å²) in [6.07, 6.45) is 2.18. The number of aryl methyl sites for hydroxylation is 1. The van der Waals surface area contributed by atoms with Gasteiger partial charge in [0.2, 0.25) is 5.52 Å². The first-order valence-corrected chi connectivity index (χ1v) is 12.1. The molecule has 0 spiro atoms. The molecule has 0 saturated heterocycles. The van der Waals surface area contributed by atoms with E-state index < -0.39 is 0 Å². The number of benzene rings is 3. The Morgan fingerprint density at radius 3 is 2.66 bits per heavy atom. The second-order valence-electron chi connectivity index (χ2n) is 8.38. The van der Waals surface area contributed by atoms with Crippen LogP contribution in [0.2, 0.25) is 0 Å². The predicted octanol–water partition coefficient (Wildman–Crippen LogP) is 4.94. The van der Waals surface area contributed by atoms with Gasteiger partial charge in [0.1, 0.15) is 4.88 Å². The Morgan fingerprint density at radius 1 is 1.00 bits per heavy atom. The van der Waals surface area contributed by atoms with Crippen molar-refractivity contribution in [3.05, 3.63) is 77.8 Å². The zero-order valence-corrected chi connectivity index (χ0v) is 19.5. The lowest BCUT2D eigenvalue weighted by atomic mass is 10.1. The lowest BCUT2D eigenvalue weighted by Crippen LogP contribution is -2.46. The highest BCUT2D eigenvalue weighted by Crippen LogP contribution is 2.34. The number of hydrogen-bond acceptors (Lipinski definition) is 3. The number of anilines is 1. The average Bonchev–Trinajstić information content (AvgIpc) is 3.21. The van der Waals surface area contributed by atoms with Gasteiger partial charge in [-0.2, -0.15) is 0 Å². The fourth-order valence-corrected chi connectivity index (χ4v) is 6.08. The molecule has 0 amide bonds. The van der Waals surface area contributed by atoms with Crippen molar-refractivity contribution in [2.75, 3.05) is 18.0 Å². The van der Waals surface area contributed by atoms with E-state index in [1.165, 1.54) is 42.9 Å². The van der Waals surface area contributed by atoms with Gasteiger partial charge in [-0.1, -0.05) is 12.1 Å². The minimum absolute atomic E-state index is 0.846. The van der Waals surface area contributed by atoms with E-state index >= 15 is 0 Å². The minimum Gasteiger partial charge on any atom is -0.372 e. The van der Waals surface area contributed by atoms with Crippen LogP contribution in [0.1, 0.15) is 19.4 Å². The number of pyridine rings is 1. The fraction of sp³-hybridized carbons (Fsp3) is 0.222. The molecule has 0 unspecified atom stereocenters. The molecule has 4 nitrogen and oxygen atoms in total. The highest BCUT2D eigenvalue weighted by atomic mass is 32.1. The maximum atomic E-state index is 5.18. The molecule has 2 aliphatic heterocycles. The van der Waals surface area contributed by atoms with Gasteiger partial charge in [0.25, 0.3) is 5.52 Å². The van der Waals surface area contributed by atoms with Crippen molar-refractivity contribution in [1.29, 1.82) is 0 Å². The highest BCUT2D eigenvalue weighted by molar-refractivity contribution is 7.21. The van der Waals surface area contributed by atoms with E-state index in [0.717, 1.165) is 30.8 Å². The van der Waals surface area contributed by atoms with Gasteiger partial charge in [-0.25, -0.2) is 4.99 Å². The molecule has 0 bridgehead atoms.